The van der Waals surface area contributed by atoms with Gasteiger partial charge in [0.05, 0.1) is 5.56 Å². The van der Waals surface area contributed by atoms with E-state index < -0.39 is 0 Å². The molecule has 1 atom stereocenters. The smallest absolute Gasteiger partial charge is 0.170 e. The van der Waals surface area contributed by atoms with Crippen LogP contribution in [0.4, 0.5) is 0 Å². The van der Waals surface area contributed by atoms with Gasteiger partial charge in [-0.15, -0.1) is 0 Å². The fourth-order valence-corrected chi connectivity index (χ4v) is 2.44. The summed E-state index contributed by atoms with van der Waals surface area (Å²) in [5.74, 6) is 0.898. The van der Waals surface area contributed by atoms with Crippen molar-refractivity contribution in [3.05, 3.63) is 65.2 Å². The molecule has 1 heterocycles. The Morgan fingerprint density at radius 1 is 1.11 bits per heavy atom. The largest absolute Gasteiger partial charge is 0.489 e. The number of aryl methyl sites for hydroxylation is 1. The molecule has 96 valence electrons. The number of ether oxygens (including phenoxy) is 1. The predicted molar refractivity (Wildman–Crippen MR) is 74.7 cm³/mol. The molecule has 2 aromatic carbocycles. The van der Waals surface area contributed by atoms with Gasteiger partial charge < -0.3 is 4.74 Å². The number of benzene rings is 2. The first-order chi connectivity index (χ1) is 9.22. The summed E-state index contributed by atoms with van der Waals surface area (Å²) in [6.45, 7) is 2.07. The summed E-state index contributed by atoms with van der Waals surface area (Å²) in [5.41, 5.74) is 3.17. The van der Waals surface area contributed by atoms with Crippen molar-refractivity contribution in [3.63, 3.8) is 0 Å². The van der Waals surface area contributed by atoms with Gasteiger partial charge in [0.25, 0.3) is 0 Å². The standard InChI is InChI=1S/C17H16O2/c1-12-6-8-13(9-7-12)10-14-11-16(18)15-4-2-3-5-17(15)19-14/h2-9,14H,10-11H2,1H3. The Morgan fingerprint density at radius 2 is 1.84 bits per heavy atom. The third-order valence-electron chi connectivity index (χ3n) is 3.48. The van der Waals surface area contributed by atoms with Crippen LogP contribution in [0.15, 0.2) is 48.5 Å². The van der Waals surface area contributed by atoms with Crippen molar-refractivity contribution in [2.45, 2.75) is 25.9 Å². The number of hydrogen-bond acceptors (Lipinski definition) is 2. The van der Waals surface area contributed by atoms with Crippen LogP contribution in [0.1, 0.15) is 27.9 Å². The molecule has 1 aliphatic rings. The molecule has 2 nitrogen and oxygen atoms in total. The van der Waals surface area contributed by atoms with Gasteiger partial charge in [0.1, 0.15) is 11.9 Å². The Balaban J connectivity index is 1.78. The minimum atomic E-state index is -0.0508. The number of para-hydroxylation sites is 1. The van der Waals surface area contributed by atoms with E-state index in [-0.39, 0.29) is 11.9 Å². The Kier molecular flexibility index (Phi) is 3.08. The van der Waals surface area contributed by atoms with Crippen molar-refractivity contribution in [2.24, 2.45) is 0 Å². The van der Waals surface area contributed by atoms with E-state index in [0.29, 0.717) is 12.0 Å². The summed E-state index contributed by atoms with van der Waals surface area (Å²) < 4.78 is 5.92. The van der Waals surface area contributed by atoms with E-state index in [2.05, 4.69) is 31.2 Å². The third-order valence-corrected chi connectivity index (χ3v) is 3.48. The second-order valence-corrected chi connectivity index (χ2v) is 5.05. The SMILES string of the molecule is Cc1ccc(CC2CC(=O)c3ccccc3O2)cc1. The number of Topliss-reactive ketones (excluding diaryl/α,β-unsaturated/α-hetero) is 1. The van der Waals surface area contributed by atoms with Crippen LogP contribution in [0, 0.1) is 6.92 Å². The van der Waals surface area contributed by atoms with Gasteiger partial charge in [-0.1, -0.05) is 42.0 Å². The van der Waals surface area contributed by atoms with Crippen molar-refractivity contribution < 1.29 is 9.53 Å². The number of rotatable bonds is 2. The molecule has 2 heteroatoms. The fraction of sp³-hybridized carbons (Fsp3) is 0.235. The molecule has 0 fully saturated rings. The van der Waals surface area contributed by atoms with Crippen molar-refractivity contribution in [2.75, 3.05) is 0 Å². The number of fused-ring (bicyclic) bond motifs is 1. The highest BCUT2D eigenvalue weighted by Crippen LogP contribution is 2.28. The van der Waals surface area contributed by atoms with Crippen molar-refractivity contribution in [1.29, 1.82) is 0 Å². The van der Waals surface area contributed by atoms with Gasteiger partial charge in [0, 0.05) is 12.8 Å². The van der Waals surface area contributed by atoms with Gasteiger partial charge in [-0.2, -0.15) is 0 Å². The lowest BCUT2D eigenvalue weighted by Crippen LogP contribution is -2.28. The monoisotopic (exact) mass is 252 g/mol. The molecule has 19 heavy (non-hydrogen) atoms. The van der Waals surface area contributed by atoms with E-state index in [0.717, 1.165) is 12.2 Å². The van der Waals surface area contributed by atoms with Gasteiger partial charge in [-0.25, -0.2) is 0 Å². The van der Waals surface area contributed by atoms with Crippen LogP contribution in [0.2, 0.25) is 0 Å². The summed E-state index contributed by atoms with van der Waals surface area (Å²) in [6.07, 6.45) is 1.19. The lowest BCUT2D eigenvalue weighted by Gasteiger charge is -2.25. The molecule has 0 amide bonds. The molecule has 3 rings (SSSR count). The van der Waals surface area contributed by atoms with E-state index in [1.807, 2.05) is 24.3 Å². The van der Waals surface area contributed by atoms with E-state index in [9.17, 15) is 4.79 Å². The summed E-state index contributed by atoms with van der Waals surface area (Å²) in [7, 11) is 0. The second-order valence-electron chi connectivity index (χ2n) is 5.05. The topological polar surface area (TPSA) is 26.3 Å². The van der Waals surface area contributed by atoms with Crippen molar-refractivity contribution in [3.8, 4) is 5.75 Å². The predicted octanol–water partition coefficient (Wildman–Crippen LogP) is 3.57. The maximum Gasteiger partial charge on any atom is 0.170 e. The number of ketones is 1. The quantitative estimate of drug-likeness (QED) is 0.816. The first-order valence-electron chi connectivity index (χ1n) is 6.57. The van der Waals surface area contributed by atoms with E-state index in [1.165, 1.54) is 11.1 Å². The average molecular weight is 252 g/mol. The first-order valence-corrected chi connectivity index (χ1v) is 6.57. The molecule has 0 saturated heterocycles. The molecule has 0 saturated carbocycles. The van der Waals surface area contributed by atoms with E-state index in [4.69, 9.17) is 4.74 Å². The Bertz CT molecular complexity index is 599. The van der Waals surface area contributed by atoms with Crippen molar-refractivity contribution in [1.82, 2.24) is 0 Å². The van der Waals surface area contributed by atoms with Gasteiger partial charge >= 0.3 is 0 Å². The van der Waals surface area contributed by atoms with Crippen LogP contribution in [0.5, 0.6) is 5.75 Å². The maximum atomic E-state index is 12.1. The van der Waals surface area contributed by atoms with Crippen molar-refractivity contribution >= 4 is 5.78 Å². The zero-order valence-corrected chi connectivity index (χ0v) is 10.9. The highest BCUT2D eigenvalue weighted by Gasteiger charge is 2.25. The molecule has 1 unspecified atom stereocenters. The van der Waals surface area contributed by atoms with E-state index >= 15 is 0 Å². The molecular formula is C17H16O2. The Morgan fingerprint density at radius 3 is 2.63 bits per heavy atom. The lowest BCUT2D eigenvalue weighted by molar-refractivity contribution is 0.0851. The zero-order valence-electron chi connectivity index (χ0n) is 10.9. The van der Waals surface area contributed by atoms with Gasteiger partial charge in [0.15, 0.2) is 5.78 Å². The van der Waals surface area contributed by atoms with Crippen LogP contribution in [-0.4, -0.2) is 11.9 Å². The molecular weight excluding hydrogens is 236 g/mol. The minimum Gasteiger partial charge on any atom is -0.489 e. The van der Waals surface area contributed by atoms with Crippen LogP contribution in [-0.2, 0) is 6.42 Å². The maximum absolute atomic E-state index is 12.1. The Hall–Kier alpha value is -2.09. The third kappa shape index (κ3) is 2.53. The molecule has 0 N–H and O–H groups in total. The fourth-order valence-electron chi connectivity index (χ4n) is 2.44. The molecule has 0 bridgehead atoms. The highest BCUT2D eigenvalue weighted by molar-refractivity contribution is 5.99. The summed E-state index contributed by atoms with van der Waals surface area (Å²) in [5, 5.41) is 0. The Labute approximate surface area is 113 Å². The van der Waals surface area contributed by atoms with Crippen LogP contribution in [0.3, 0.4) is 0 Å². The van der Waals surface area contributed by atoms with Crippen LogP contribution in [0.25, 0.3) is 0 Å². The molecule has 0 aromatic heterocycles. The second kappa shape index (κ2) is 4.88. The first kappa shape index (κ1) is 12.0. The normalized spacial score (nSPS) is 17.7. The number of carbonyl (C=O) groups excluding carboxylic acids is 1. The molecule has 1 aliphatic heterocycles. The lowest BCUT2D eigenvalue weighted by atomic mass is 9.96. The molecule has 0 aliphatic carbocycles. The van der Waals surface area contributed by atoms with E-state index in [1.54, 1.807) is 0 Å². The summed E-state index contributed by atoms with van der Waals surface area (Å²) in [6, 6.07) is 15.9. The average Bonchev–Trinajstić information content (AvgIpc) is 2.42. The molecule has 2 aromatic rings. The minimum absolute atomic E-state index is 0.0508. The molecule has 0 spiro atoms. The number of carbonyl (C=O) groups is 1. The van der Waals surface area contributed by atoms with Gasteiger partial charge in [-0.05, 0) is 24.6 Å². The molecule has 0 radical (unpaired) electrons. The summed E-state index contributed by atoms with van der Waals surface area (Å²) >= 11 is 0. The highest BCUT2D eigenvalue weighted by atomic mass is 16.5. The van der Waals surface area contributed by atoms with Gasteiger partial charge in [-0.3, -0.25) is 4.79 Å². The number of hydrogen-bond donors (Lipinski definition) is 0. The van der Waals surface area contributed by atoms with Gasteiger partial charge in [0.2, 0.25) is 0 Å². The van der Waals surface area contributed by atoms with Crippen LogP contribution >= 0.6 is 0 Å². The summed E-state index contributed by atoms with van der Waals surface area (Å²) in [4.78, 5) is 12.1. The zero-order chi connectivity index (χ0) is 13.2. The van der Waals surface area contributed by atoms with Crippen LogP contribution < -0.4 is 4.74 Å².